The summed E-state index contributed by atoms with van der Waals surface area (Å²) in [7, 11) is -1.39. The van der Waals surface area contributed by atoms with E-state index in [-0.39, 0.29) is 11.1 Å². The molecule has 48 heavy (non-hydrogen) atoms. The van der Waals surface area contributed by atoms with E-state index in [1.165, 1.54) is 27.7 Å². The molecule has 5 rings (SSSR count). The third kappa shape index (κ3) is 8.51. The molecule has 1 aromatic heterocycles. The molecular weight excluding hydrogens is 665 g/mol. The van der Waals surface area contributed by atoms with Gasteiger partial charge in [0.1, 0.15) is 0 Å². The van der Waals surface area contributed by atoms with Crippen molar-refractivity contribution in [2.45, 2.75) is 67.2 Å². The number of ether oxygens (including phenoxy) is 1. The normalized spacial score (nSPS) is 21.0. The van der Waals surface area contributed by atoms with Gasteiger partial charge >= 0.3 is 33.5 Å². The van der Waals surface area contributed by atoms with Crippen molar-refractivity contribution < 1.29 is 65.7 Å². The lowest BCUT2D eigenvalue weighted by atomic mass is 9.67. The van der Waals surface area contributed by atoms with Gasteiger partial charge in [-0.25, -0.2) is 4.79 Å². The number of hydrogen-bond donors (Lipinski definition) is 6. The molecule has 1 aliphatic heterocycles. The number of aromatic amines is 1. The molecule has 13 nitrogen and oxygen atoms in total. The fraction of sp³-hybridized carbons (Fsp3) is 0.452. The third-order valence-electron chi connectivity index (χ3n) is 8.60. The van der Waals surface area contributed by atoms with Gasteiger partial charge in [0.25, 0.3) is 0 Å². The second-order valence-electron chi connectivity index (χ2n) is 11.8. The Morgan fingerprint density at radius 1 is 0.896 bits per heavy atom. The molecule has 0 amide bonds. The van der Waals surface area contributed by atoms with Crippen molar-refractivity contribution >= 4 is 38.9 Å². The second-order valence-corrected chi connectivity index (χ2v) is 13.2. The van der Waals surface area contributed by atoms with E-state index >= 15 is 0 Å². The molecule has 2 heterocycles. The first-order chi connectivity index (χ1) is 22.2. The molecule has 0 bridgehead atoms. The summed E-state index contributed by atoms with van der Waals surface area (Å²) in [6.45, 7) is 0.820. The van der Waals surface area contributed by atoms with E-state index in [0.29, 0.717) is 0 Å². The first-order valence-electron chi connectivity index (χ1n) is 14.6. The number of H-pyrrole nitrogens is 1. The van der Waals surface area contributed by atoms with Gasteiger partial charge in [-0.05, 0) is 51.4 Å². The highest BCUT2D eigenvalue weighted by Crippen LogP contribution is 2.53. The smallest absolute Gasteiger partial charge is 0.481 e. The van der Waals surface area contributed by atoms with Crippen LogP contribution in [0.15, 0.2) is 54.6 Å². The number of fused-ring (bicyclic) bond motifs is 4. The van der Waals surface area contributed by atoms with Crippen LogP contribution in [-0.2, 0) is 46.8 Å². The zero-order chi connectivity index (χ0) is 36.1. The molecule has 0 saturated heterocycles. The Bertz CT molecular complexity index is 1700. The van der Waals surface area contributed by atoms with Gasteiger partial charge in [-0.3, -0.25) is 19.0 Å². The van der Waals surface area contributed by atoms with Gasteiger partial charge in [0, 0.05) is 34.1 Å². The van der Waals surface area contributed by atoms with Crippen LogP contribution < -0.4 is 0 Å². The number of aliphatic hydroxyl groups is 1. The highest BCUT2D eigenvalue weighted by Gasteiger charge is 2.49. The van der Waals surface area contributed by atoms with Crippen molar-refractivity contribution in [2.24, 2.45) is 0 Å². The minimum Gasteiger partial charge on any atom is -0.481 e. The second kappa shape index (κ2) is 14.6. The SMILES string of the molecule is CN(C)C1(c2ccccc2)CCC2(CC1)OCCc1[nH]c3ccccc3c12.O=C(O)CC(O)(CC(=O)O)C(=O)O.O=S(=O)(O)C(F)(F)F. The van der Waals surface area contributed by atoms with E-state index in [9.17, 15) is 27.6 Å². The van der Waals surface area contributed by atoms with Crippen LogP contribution in [0, 0.1) is 0 Å². The van der Waals surface area contributed by atoms with Crippen LogP contribution in [0.2, 0.25) is 0 Å². The summed E-state index contributed by atoms with van der Waals surface area (Å²) in [4.78, 5) is 36.6. The van der Waals surface area contributed by atoms with E-state index in [0.717, 1.165) is 38.7 Å². The Labute approximate surface area is 273 Å². The average Bonchev–Trinajstić information content (AvgIpc) is 3.37. The molecule has 1 saturated carbocycles. The van der Waals surface area contributed by atoms with Gasteiger partial charge in [-0.2, -0.15) is 21.6 Å². The average molecular weight is 703 g/mol. The minimum atomic E-state index is -5.84. The molecule has 17 heteroatoms. The van der Waals surface area contributed by atoms with E-state index < -0.39 is 52.0 Å². The molecule has 6 N–H and O–H groups in total. The number of aliphatic carboxylic acids is 3. The number of alkyl halides is 3. The van der Waals surface area contributed by atoms with Gasteiger partial charge in [-0.1, -0.05) is 48.5 Å². The number of halogens is 3. The van der Waals surface area contributed by atoms with Crippen LogP contribution >= 0.6 is 0 Å². The van der Waals surface area contributed by atoms with E-state index in [1.54, 1.807) is 0 Å². The summed E-state index contributed by atoms with van der Waals surface area (Å²) in [6, 6.07) is 19.7. The van der Waals surface area contributed by atoms with Gasteiger partial charge in [-0.15, -0.1) is 0 Å². The third-order valence-corrected chi connectivity index (χ3v) is 9.18. The molecule has 2 aromatic carbocycles. The largest absolute Gasteiger partial charge is 0.522 e. The Morgan fingerprint density at radius 3 is 1.85 bits per heavy atom. The number of aromatic nitrogens is 1. The van der Waals surface area contributed by atoms with E-state index in [1.807, 2.05) is 0 Å². The zero-order valence-corrected chi connectivity index (χ0v) is 26.8. The van der Waals surface area contributed by atoms with Gasteiger partial charge < -0.3 is 30.1 Å². The number of rotatable bonds is 7. The first kappa shape index (κ1) is 38.4. The van der Waals surface area contributed by atoms with Crippen molar-refractivity contribution in [3.8, 4) is 0 Å². The first-order valence-corrected chi connectivity index (χ1v) is 16.0. The molecule has 3 aromatic rings. The number of carboxylic acid groups (broad SMARTS) is 3. The predicted molar refractivity (Wildman–Crippen MR) is 165 cm³/mol. The number of hydrogen-bond acceptors (Lipinski definition) is 8. The van der Waals surface area contributed by atoms with Crippen LogP contribution in [-0.4, -0.2) is 93.0 Å². The number of carboxylic acids is 3. The molecule has 1 aliphatic carbocycles. The number of benzene rings is 2. The van der Waals surface area contributed by atoms with Crippen molar-refractivity contribution in [3.63, 3.8) is 0 Å². The molecule has 1 spiro atoms. The molecule has 264 valence electrons. The molecule has 2 aliphatic rings. The molecule has 0 radical (unpaired) electrons. The summed E-state index contributed by atoms with van der Waals surface area (Å²) in [5, 5.41) is 35.2. The summed E-state index contributed by atoms with van der Waals surface area (Å²) in [5.41, 5.74) is -2.81. The topological polar surface area (TPSA) is 215 Å². The van der Waals surface area contributed by atoms with Crippen LogP contribution in [0.5, 0.6) is 0 Å². The van der Waals surface area contributed by atoms with Crippen LogP contribution in [0.25, 0.3) is 10.9 Å². The van der Waals surface area contributed by atoms with Crippen LogP contribution in [0.4, 0.5) is 13.2 Å². The monoisotopic (exact) mass is 702 g/mol. The summed E-state index contributed by atoms with van der Waals surface area (Å²) in [6.07, 6.45) is 3.06. The lowest BCUT2D eigenvalue weighted by Crippen LogP contribution is -2.49. The maximum Gasteiger partial charge on any atom is 0.522 e. The number of carbonyl (C=O) groups is 3. The number of nitrogens with one attached hydrogen (secondary N) is 1. The van der Waals surface area contributed by atoms with Crippen LogP contribution in [0.1, 0.15) is 55.3 Å². The number of para-hydroxylation sites is 1. The van der Waals surface area contributed by atoms with Crippen molar-refractivity contribution in [3.05, 3.63) is 71.4 Å². The van der Waals surface area contributed by atoms with Crippen molar-refractivity contribution in [1.29, 1.82) is 0 Å². The Balaban J connectivity index is 0.000000249. The Morgan fingerprint density at radius 2 is 1.40 bits per heavy atom. The predicted octanol–water partition coefficient (Wildman–Crippen LogP) is 4.11. The maximum atomic E-state index is 10.7. The van der Waals surface area contributed by atoms with Gasteiger partial charge in [0.15, 0.2) is 5.60 Å². The summed E-state index contributed by atoms with van der Waals surface area (Å²) in [5.74, 6) is -5.02. The number of nitrogens with zero attached hydrogens (tertiary/aromatic N) is 1. The van der Waals surface area contributed by atoms with E-state index in [4.69, 9.17) is 38.1 Å². The fourth-order valence-electron chi connectivity index (χ4n) is 6.24. The summed E-state index contributed by atoms with van der Waals surface area (Å²) < 4.78 is 64.1. The van der Waals surface area contributed by atoms with Gasteiger partial charge in [0.05, 0.1) is 25.0 Å². The minimum absolute atomic E-state index is 0.0968. The quantitative estimate of drug-likeness (QED) is 0.152. The standard InChI is InChI=1S/C24H28N2O.C6H8O7.CHF3O3S/c1-26(2)23(18-8-4-3-5-9-18)13-15-24(16-14-23)22-19-10-6-7-11-20(19)25-21(22)12-17-27-24;7-3(8)1-6(13,5(11)12)2-4(9)10;2-1(3,4)8(5,6)7/h3-11,25H,12-17H2,1-2H3;13H,1-2H2,(H,7,8)(H,9,10)(H,11,12);(H,5,6,7). The lowest BCUT2D eigenvalue weighted by Gasteiger charge is -2.51. The van der Waals surface area contributed by atoms with Gasteiger partial charge in [0.2, 0.25) is 0 Å². The Kier molecular flexibility index (Phi) is 11.7. The molecule has 0 unspecified atom stereocenters. The van der Waals surface area contributed by atoms with Crippen molar-refractivity contribution in [2.75, 3.05) is 20.7 Å². The Hall–Kier alpha value is -4.03. The lowest BCUT2D eigenvalue weighted by molar-refractivity contribution is -0.170. The maximum absolute atomic E-state index is 10.7. The zero-order valence-electron chi connectivity index (χ0n) is 26.0. The van der Waals surface area contributed by atoms with Crippen LogP contribution in [0.3, 0.4) is 0 Å². The highest BCUT2D eigenvalue weighted by atomic mass is 32.2. The molecule has 0 atom stereocenters. The fourth-order valence-corrected chi connectivity index (χ4v) is 6.24. The summed E-state index contributed by atoms with van der Waals surface area (Å²) >= 11 is 0. The van der Waals surface area contributed by atoms with Crippen molar-refractivity contribution in [1.82, 2.24) is 9.88 Å². The highest BCUT2D eigenvalue weighted by molar-refractivity contribution is 7.86. The van der Waals surface area contributed by atoms with E-state index in [2.05, 4.69) is 78.6 Å². The molecular formula is C31H37F3N2O11S. The molecule has 1 fully saturated rings.